The van der Waals surface area contributed by atoms with Gasteiger partial charge in [-0.15, -0.1) is 10.2 Å². The Labute approximate surface area is 155 Å². The van der Waals surface area contributed by atoms with Crippen LogP contribution >= 0.6 is 11.8 Å². The number of aromatic amines is 1. The number of thioether (sulfide) groups is 1. The van der Waals surface area contributed by atoms with Crippen LogP contribution in [0.25, 0.3) is 22.4 Å². The summed E-state index contributed by atoms with van der Waals surface area (Å²) in [4.78, 5) is 3.22. The number of ether oxygens (including phenoxy) is 1. The molecule has 6 heteroatoms. The highest BCUT2D eigenvalue weighted by Gasteiger charge is 2.13. The fourth-order valence-electron chi connectivity index (χ4n) is 2.77. The number of hydrogen-bond acceptors (Lipinski definition) is 5. The maximum Gasteiger partial charge on any atom is 0.276 e. The average Bonchev–Trinajstić information content (AvgIpc) is 3.32. The number of aryl methyl sites for hydroxylation is 1. The molecule has 0 amide bonds. The molecular formula is C20H19N3O2S. The molecule has 2 heterocycles. The van der Waals surface area contributed by atoms with Crippen LogP contribution in [0.15, 0.2) is 64.4 Å². The summed E-state index contributed by atoms with van der Waals surface area (Å²) in [5.74, 6) is 2.17. The van der Waals surface area contributed by atoms with Crippen molar-refractivity contribution in [2.75, 3.05) is 12.4 Å². The number of nitrogens with zero attached hydrogens (tertiary/aromatic N) is 2. The first-order valence-corrected chi connectivity index (χ1v) is 9.56. The van der Waals surface area contributed by atoms with Crippen LogP contribution in [0.1, 0.15) is 12.5 Å². The van der Waals surface area contributed by atoms with Crippen molar-refractivity contribution in [2.24, 2.45) is 0 Å². The van der Waals surface area contributed by atoms with Gasteiger partial charge in [0.2, 0.25) is 0 Å². The third-order valence-corrected chi connectivity index (χ3v) is 4.89. The minimum absolute atomic E-state index is 0.529. The van der Waals surface area contributed by atoms with Crippen LogP contribution in [-0.2, 0) is 6.42 Å². The van der Waals surface area contributed by atoms with Crippen molar-refractivity contribution in [2.45, 2.75) is 18.6 Å². The quantitative estimate of drug-likeness (QED) is 0.371. The molecule has 0 spiro atoms. The second-order valence-corrected chi connectivity index (χ2v) is 6.87. The standard InChI is InChI=1S/C20H19N3O2S/c1-2-14-6-5-7-15(12-14)24-10-11-26-20-23-22-19(25-20)17-13-21-18-9-4-3-8-16(17)18/h3-9,12-13,21H,2,10-11H2,1H3. The van der Waals surface area contributed by atoms with E-state index in [4.69, 9.17) is 9.15 Å². The molecule has 132 valence electrons. The molecule has 5 nitrogen and oxygen atoms in total. The smallest absolute Gasteiger partial charge is 0.276 e. The van der Waals surface area contributed by atoms with Gasteiger partial charge in [0.05, 0.1) is 12.2 Å². The molecule has 0 saturated carbocycles. The molecule has 0 aliphatic carbocycles. The molecule has 4 rings (SSSR count). The Hall–Kier alpha value is -2.73. The van der Waals surface area contributed by atoms with Crippen LogP contribution in [0.2, 0.25) is 0 Å². The Bertz CT molecular complexity index is 1010. The first kappa shape index (κ1) is 16.7. The highest BCUT2D eigenvalue weighted by molar-refractivity contribution is 7.99. The number of fused-ring (bicyclic) bond motifs is 1. The molecular weight excluding hydrogens is 346 g/mol. The third kappa shape index (κ3) is 3.60. The molecule has 0 saturated heterocycles. The van der Waals surface area contributed by atoms with Crippen LogP contribution in [-0.4, -0.2) is 27.5 Å². The van der Waals surface area contributed by atoms with Gasteiger partial charge in [-0.3, -0.25) is 0 Å². The van der Waals surface area contributed by atoms with Crippen LogP contribution in [0, 0.1) is 0 Å². The summed E-state index contributed by atoms with van der Waals surface area (Å²) in [6.45, 7) is 2.72. The van der Waals surface area contributed by atoms with Crippen LogP contribution in [0.4, 0.5) is 0 Å². The van der Waals surface area contributed by atoms with Crippen LogP contribution in [0.3, 0.4) is 0 Å². The lowest BCUT2D eigenvalue weighted by molar-refractivity contribution is 0.343. The van der Waals surface area contributed by atoms with E-state index in [0.717, 1.165) is 34.4 Å². The topological polar surface area (TPSA) is 63.9 Å². The summed E-state index contributed by atoms with van der Waals surface area (Å²) in [5, 5.41) is 9.93. The summed E-state index contributed by atoms with van der Waals surface area (Å²) >= 11 is 1.50. The van der Waals surface area contributed by atoms with E-state index in [1.165, 1.54) is 17.3 Å². The van der Waals surface area contributed by atoms with Crippen molar-refractivity contribution >= 4 is 22.7 Å². The lowest BCUT2D eigenvalue weighted by atomic mass is 10.2. The summed E-state index contributed by atoms with van der Waals surface area (Å²) in [6.07, 6.45) is 2.90. The minimum Gasteiger partial charge on any atom is -0.493 e. The van der Waals surface area contributed by atoms with Gasteiger partial charge in [-0.25, -0.2) is 0 Å². The molecule has 0 atom stereocenters. The van der Waals surface area contributed by atoms with E-state index in [9.17, 15) is 0 Å². The van der Waals surface area contributed by atoms with Gasteiger partial charge in [-0.2, -0.15) is 0 Å². The van der Waals surface area contributed by atoms with Gasteiger partial charge in [-0.1, -0.05) is 49.0 Å². The Morgan fingerprint density at radius 3 is 2.96 bits per heavy atom. The van der Waals surface area contributed by atoms with Gasteiger partial charge in [0.15, 0.2) is 0 Å². The maximum absolute atomic E-state index is 5.79. The van der Waals surface area contributed by atoms with Crippen LogP contribution in [0.5, 0.6) is 5.75 Å². The van der Waals surface area contributed by atoms with Gasteiger partial charge in [0.1, 0.15) is 5.75 Å². The highest BCUT2D eigenvalue weighted by atomic mass is 32.2. The molecule has 1 N–H and O–H groups in total. The third-order valence-electron chi connectivity index (χ3n) is 4.11. The van der Waals surface area contributed by atoms with Crippen molar-refractivity contribution in [1.82, 2.24) is 15.2 Å². The number of para-hydroxylation sites is 1. The summed E-state index contributed by atoms with van der Waals surface area (Å²) in [6, 6.07) is 16.2. The van der Waals surface area contributed by atoms with Gasteiger partial charge >= 0.3 is 0 Å². The van der Waals surface area contributed by atoms with Gasteiger partial charge < -0.3 is 14.1 Å². The monoisotopic (exact) mass is 365 g/mol. The number of rotatable bonds is 7. The molecule has 0 radical (unpaired) electrons. The summed E-state index contributed by atoms with van der Waals surface area (Å²) in [7, 11) is 0. The van der Waals surface area contributed by atoms with E-state index in [1.807, 2.05) is 42.6 Å². The molecule has 0 bridgehead atoms. The van der Waals surface area contributed by atoms with Gasteiger partial charge in [0, 0.05) is 22.9 Å². The SMILES string of the molecule is CCc1cccc(OCCSc2nnc(-c3c[nH]c4ccccc34)o2)c1. The number of hydrogen-bond donors (Lipinski definition) is 1. The van der Waals surface area contributed by atoms with E-state index < -0.39 is 0 Å². The second-order valence-electron chi connectivity index (χ2n) is 5.82. The predicted octanol–water partition coefficient (Wildman–Crippen LogP) is 4.95. The fraction of sp³-hybridized carbons (Fsp3) is 0.200. The van der Waals surface area contributed by atoms with E-state index in [2.05, 4.69) is 34.2 Å². The van der Waals surface area contributed by atoms with Gasteiger partial charge in [-0.05, 0) is 30.2 Å². The molecule has 0 fully saturated rings. The van der Waals surface area contributed by atoms with Crippen molar-refractivity contribution in [3.63, 3.8) is 0 Å². The average molecular weight is 365 g/mol. The van der Waals surface area contributed by atoms with Crippen molar-refractivity contribution < 1.29 is 9.15 Å². The zero-order chi connectivity index (χ0) is 17.8. The summed E-state index contributed by atoms with van der Waals surface area (Å²) in [5.41, 5.74) is 3.25. The Morgan fingerprint density at radius 1 is 1.12 bits per heavy atom. The minimum atomic E-state index is 0.529. The summed E-state index contributed by atoms with van der Waals surface area (Å²) < 4.78 is 11.6. The van der Waals surface area contributed by atoms with E-state index in [1.54, 1.807) is 0 Å². The maximum atomic E-state index is 5.79. The normalized spacial score (nSPS) is 11.1. The second kappa shape index (κ2) is 7.66. The Morgan fingerprint density at radius 2 is 2.04 bits per heavy atom. The van der Waals surface area contributed by atoms with Crippen molar-refractivity contribution in [3.8, 4) is 17.2 Å². The molecule has 2 aromatic heterocycles. The largest absolute Gasteiger partial charge is 0.493 e. The number of aromatic nitrogens is 3. The first-order chi connectivity index (χ1) is 12.8. The molecule has 26 heavy (non-hydrogen) atoms. The lowest BCUT2D eigenvalue weighted by Crippen LogP contribution is -2.00. The molecule has 4 aromatic rings. The van der Waals surface area contributed by atoms with Gasteiger partial charge in [0.25, 0.3) is 11.1 Å². The predicted molar refractivity (Wildman–Crippen MR) is 104 cm³/mol. The molecule has 0 unspecified atom stereocenters. The lowest BCUT2D eigenvalue weighted by Gasteiger charge is -2.06. The fourth-order valence-corrected chi connectivity index (χ4v) is 3.35. The Kier molecular flexibility index (Phi) is 4.93. The molecule has 0 aliphatic heterocycles. The molecule has 2 aromatic carbocycles. The van der Waals surface area contributed by atoms with E-state index in [-0.39, 0.29) is 0 Å². The van der Waals surface area contributed by atoms with Crippen LogP contribution < -0.4 is 4.74 Å². The zero-order valence-electron chi connectivity index (χ0n) is 14.4. The zero-order valence-corrected chi connectivity index (χ0v) is 15.3. The Balaban J connectivity index is 1.35. The highest BCUT2D eigenvalue weighted by Crippen LogP contribution is 2.29. The van der Waals surface area contributed by atoms with E-state index in [0.29, 0.717) is 17.7 Å². The number of benzene rings is 2. The number of nitrogens with one attached hydrogen (secondary N) is 1. The first-order valence-electron chi connectivity index (χ1n) is 8.58. The van der Waals surface area contributed by atoms with E-state index >= 15 is 0 Å². The van der Waals surface area contributed by atoms with Crippen molar-refractivity contribution in [3.05, 3.63) is 60.3 Å². The van der Waals surface area contributed by atoms with Crippen molar-refractivity contribution in [1.29, 1.82) is 0 Å². The number of H-pyrrole nitrogens is 1. The molecule has 0 aliphatic rings.